The van der Waals surface area contributed by atoms with Gasteiger partial charge in [0.2, 0.25) is 0 Å². The second-order valence-corrected chi connectivity index (χ2v) is 6.82. The molecular weight excluding hydrogens is 316 g/mol. The molecule has 0 bridgehead atoms. The highest BCUT2D eigenvalue weighted by molar-refractivity contribution is 9.10. The van der Waals surface area contributed by atoms with Gasteiger partial charge in [-0.25, -0.2) is 0 Å². The number of nitrogens with zero attached hydrogens (tertiary/aromatic N) is 1. The van der Waals surface area contributed by atoms with Crippen molar-refractivity contribution in [1.29, 1.82) is 0 Å². The molecule has 0 amide bonds. The van der Waals surface area contributed by atoms with E-state index in [4.69, 9.17) is 10.5 Å². The maximum atomic E-state index is 6.52. The minimum Gasteiger partial charge on any atom is -0.497 e. The van der Waals surface area contributed by atoms with Gasteiger partial charge in [0.15, 0.2) is 0 Å². The maximum absolute atomic E-state index is 6.52. The molecule has 20 heavy (non-hydrogen) atoms. The van der Waals surface area contributed by atoms with E-state index in [0.717, 1.165) is 22.7 Å². The first kappa shape index (κ1) is 14.4. The number of benzene rings is 1. The van der Waals surface area contributed by atoms with E-state index in [1.807, 2.05) is 6.07 Å². The van der Waals surface area contributed by atoms with Gasteiger partial charge >= 0.3 is 0 Å². The zero-order valence-electron chi connectivity index (χ0n) is 12.0. The Morgan fingerprint density at radius 1 is 1.25 bits per heavy atom. The van der Waals surface area contributed by atoms with Crippen LogP contribution < -0.4 is 10.5 Å². The minimum absolute atomic E-state index is 0.210. The summed E-state index contributed by atoms with van der Waals surface area (Å²) in [5, 5.41) is 0. The highest BCUT2D eigenvalue weighted by Crippen LogP contribution is 2.41. The van der Waals surface area contributed by atoms with E-state index in [1.54, 1.807) is 7.11 Å². The molecule has 2 fully saturated rings. The minimum atomic E-state index is 0.210. The Hall–Kier alpha value is -0.580. The van der Waals surface area contributed by atoms with Crippen LogP contribution in [0.1, 0.15) is 43.7 Å². The van der Waals surface area contributed by atoms with Crippen LogP contribution in [0.2, 0.25) is 0 Å². The molecule has 1 heterocycles. The summed E-state index contributed by atoms with van der Waals surface area (Å²) in [6.45, 7) is 1.17. The Bertz CT molecular complexity index is 476. The van der Waals surface area contributed by atoms with Crippen molar-refractivity contribution in [2.24, 2.45) is 5.73 Å². The topological polar surface area (TPSA) is 38.5 Å². The number of hydrogen-bond acceptors (Lipinski definition) is 3. The highest BCUT2D eigenvalue weighted by atomic mass is 79.9. The van der Waals surface area contributed by atoms with Gasteiger partial charge in [-0.15, -0.1) is 0 Å². The van der Waals surface area contributed by atoms with Crippen LogP contribution in [0.15, 0.2) is 22.7 Å². The number of methoxy groups -OCH3 is 1. The quantitative estimate of drug-likeness (QED) is 0.916. The summed E-state index contributed by atoms with van der Waals surface area (Å²) in [5.41, 5.74) is 7.81. The van der Waals surface area contributed by atoms with Crippen molar-refractivity contribution in [2.75, 3.05) is 13.7 Å². The monoisotopic (exact) mass is 338 g/mol. The number of hydrogen-bond donors (Lipinski definition) is 1. The molecule has 3 rings (SSSR count). The molecule has 2 N–H and O–H groups in total. The fourth-order valence-corrected chi connectivity index (χ4v) is 3.80. The van der Waals surface area contributed by atoms with Gasteiger partial charge in [-0.05, 0) is 56.0 Å². The summed E-state index contributed by atoms with van der Waals surface area (Å²) in [5.74, 6) is 0.912. The van der Waals surface area contributed by atoms with Crippen molar-refractivity contribution >= 4 is 15.9 Å². The Morgan fingerprint density at radius 2 is 2.05 bits per heavy atom. The second kappa shape index (κ2) is 6.04. The van der Waals surface area contributed by atoms with Gasteiger partial charge in [-0.3, -0.25) is 4.90 Å². The Kier molecular flexibility index (Phi) is 4.34. The molecule has 0 aromatic heterocycles. The van der Waals surface area contributed by atoms with E-state index >= 15 is 0 Å². The van der Waals surface area contributed by atoms with E-state index in [2.05, 4.69) is 33.0 Å². The molecule has 3 nitrogen and oxygen atoms in total. The number of halogens is 1. The van der Waals surface area contributed by atoms with Crippen LogP contribution in [0.3, 0.4) is 0 Å². The summed E-state index contributed by atoms with van der Waals surface area (Å²) in [4.78, 5) is 2.64. The molecule has 4 heteroatoms. The lowest BCUT2D eigenvalue weighted by Crippen LogP contribution is -2.41. The maximum Gasteiger partial charge on any atom is 0.119 e. The Morgan fingerprint density at radius 3 is 2.75 bits per heavy atom. The van der Waals surface area contributed by atoms with Gasteiger partial charge in [0.25, 0.3) is 0 Å². The molecule has 1 aliphatic heterocycles. The van der Waals surface area contributed by atoms with Crippen LogP contribution in [0.25, 0.3) is 0 Å². The predicted octanol–water partition coefficient (Wildman–Crippen LogP) is 3.47. The first-order valence-electron chi connectivity index (χ1n) is 7.55. The third-order valence-electron chi connectivity index (χ3n) is 4.50. The second-order valence-electron chi connectivity index (χ2n) is 5.96. The zero-order valence-corrected chi connectivity index (χ0v) is 13.6. The van der Waals surface area contributed by atoms with Gasteiger partial charge in [-0.1, -0.05) is 22.4 Å². The normalized spacial score (nSPS) is 28.1. The van der Waals surface area contributed by atoms with Gasteiger partial charge in [-0.2, -0.15) is 0 Å². The van der Waals surface area contributed by atoms with Gasteiger partial charge in [0.05, 0.1) is 13.2 Å². The van der Waals surface area contributed by atoms with E-state index in [1.165, 1.54) is 37.8 Å². The van der Waals surface area contributed by atoms with Gasteiger partial charge in [0, 0.05) is 16.6 Å². The molecule has 1 saturated heterocycles. The first-order valence-corrected chi connectivity index (χ1v) is 8.35. The number of ether oxygens (including phenoxy) is 1. The van der Waals surface area contributed by atoms with Crippen molar-refractivity contribution in [3.05, 3.63) is 28.2 Å². The molecule has 2 aliphatic rings. The van der Waals surface area contributed by atoms with Gasteiger partial charge in [0.1, 0.15) is 5.75 Å². The van der Waals surface area contributed by atoms with E-state index in [9.17, 15) is 0 Å². The van der Waals surface area contributed by atoms with E-state index < -0.39 is 0 Å². The van der Waals surface area contributed by atoms with E-state index in [-0.39, 0.29) is 6.04 Å². The Labute approximate surface area is 129 Å². The lowest BCUT2D eigenvalue weighted by Gasteiger charge is -2.34. The molecule has 0 spiro atoms. The van der Waals surface area contributed by atoms with Crippen LogP contribution in [-0.2, 0) is 0 Å². The van der Waals surface area contributed by atoms with Crippen molar-refractivity contribution < 1.29 is 4.74 Å². The average Bonchev–Trinajstić information content (AvgIpc) is 3.27. The molecule has 1 saturated carbocycles. The van der Waals surface area contributed by atoms with Crippen LogP contribution in [0.4, 0.5) is 0 Å². The lowest BCUT2D eigenvalue weighted by atomic mass is 9.96. The van der Waals surface area contributed by atoms with Gasteiger partial charge < -0.3 is 10.5 Å². The van der Waals surface area contributed by atoms with Crippen LogP contribution in [0.5, 0.6) is 5.75 Å². The largest absolute Gasteiger partial charge is 0.497 e. The fraction of sp³-hybridized carbons (Fsp3) is 0.625. The standard InChI is InChI=1S/C16H23BrN2O/c1-20-12-7-8-14(17)13(10-12)16-15(18)4-2-3-9-19(16)11-5-6-11/h7-8,10-11,15-16H,2-6,9,18H2,1H3. The van der Waals surface area contributed by atoms with Crippen LogP contribution >= 0.6 is 15.9 Å². The summed E-state index contributed by atoms with van der Waals surface area (Å²) < 4.78 is 6.54. The van der Waals surface area contributed by atoms with E-state index in [0.29, 0.717) is 6.04 Å². The summed E-state index contributed by atoms with van der Waals surface area (Å²) in [7, 11) is 1.72. The zero-order chi connectivity index (χ0) is 14.1. The smallest absolute Gasteiger partial charge is 0.119 e. The average molecular weight is 339 g/mol. The fourth-order valence-electron chi connectivity index (χ4n) is 3.32. The molecule has 1 aromatic carbocycles. The molecule has 2 unspecified atom stereocenters. The first-order chi connectivity index (χ1) is 9.70. The number of likely N-dealkylation sites (tertiary alicyclic amines) is 1. The molecule has 1 aliphatic carbocycles. The van der Waals surface area contributed by atoms with Crippen molar-refractivity contribution in [1.82, 2.24) is 4.90 Å². The molecule has 110 valence electrons. The molecule has 1 aromatic rings. The van der Waals surface area contributed by atoms with Crippen molar-refractivity contribution in [2.45, 2.75) is 50.2 Å². The lowest BCUT2D eigenvalue weighted by molar-refractivity contribution is 0.175. The van der Waals surface area contributed by atoms with Crippen molar-refractivity contribution in [3.8, 4) is 5.75 Å². The van der Waals surface area contributed by atoms with Crippen LogP contribution in [-0.4, -0.2) is 30.6 Å². The summed E-state index contributed by atoms with van der Waals surface area (Å²) >= 11 is 3.71. The Balaban J connectivity index is 1.98. The number of rotatable bonds is 3. The van der Waals surface area contributed by atoms with Crippen LogP contribution in [0, 0.1) is 0 Å². The molecular formula is C16H23BrN2O. The summed E-state index contributed by atoms with van der Waals surface area (Å²) in [6.07, 6.45) is 6.26. The highest BCUT2D eigenvalue weighted by Gasteiger charge is 2.38. The third kappa shape index (κ3) is 2.87. The third-order valence-corrected chi connectivity index (χ3v) is 5.23. The number of nitrogens with two attached hydrogens (primary N) is 1. The molecule has 0 radical (unpaired) electrons. The van der Waals surface area contributed by atoms with Crippen molar-refractivity contribution in [3.63, 3.8) is 0 Å². The molecule has 2 atom stereocenters. The SMILES string of the molecule is COc1ccc(Br)c(C2C(N)CCCCN2C2CC2)c1. The predicted molar refractivity (Wildman–Crippen MR) is 85.0 cm³/mol. The summed E-state index contributed by atoms with van der Waals surface area (Å²) in [6, 6.07) is 7.49.